The van der Waals surface area contributed by atoms with E-state index in [1.165, 1.54) is 0 Å². The summed E-state index contributed by atoms with van der Waals surface area (Å²) in [7, 11) is 0. The number of hydrogen-bond donors (Lipinski definition) is 2. The molecule has 2 N–H and O–H groups in total. The second-order valence-corrected chi connectivity index (χ2v) is 2.48. The highest BCUT2D eigenvalue weighted by Crippen LogP contribution is 2.05. The minimum atomic E-state index is -1.83. The Morgan fingerprint density at radius 3 is 1.90 bits per heavy atom. The summed E-state index contributed by atoms with van der Waals surface area (Å²) >= 11 is 10.5. The fraction of sp³-hybridized carbons (Fsp3) is 0.400. The quantitative estimate of drug-likeness (QED) is 0.515. The highest BCUT2D eigenvalue weighted by molar-refractivity contribution is 6.44. The first-order valence-electron chi connectivity index (χ1n) is 2.31. The number of hydrogen-bond acceptors (Lipinski definition) is 1. The standard InChI is InChI=1S/C4H6Cl2.CH2O3/c1-2-3-4(5)6;2-1(3)4/h2,4H,1,3H2;(H2,2,3,4). The maximum absolute atomic E-state index is 8.56. The molecule has 0 aromatic heterocycles. The van der Waals surface area contributed by atoms with Gasteiger partial charge in [-0.2, -0.15) is 0 Å². The minimum absolute atomic E-state index is 0.275. The molecule has 0 aromatic carbocycles. The van der Waals surface area contributed by atoms with Gasteiger partial charge in [0.15, 0.2) is 0 Å². The molecular weight excluding hydrogens is 179 g/mol. The molecule has 0 aliphatic rings. The molecule has 0 bridgehead atoms. The maximum atomic E-state index is 8.56. The van der Waals surface area contributed by atoms with Crippen LogP contribution in [0.4, 0.5) is 4.79 Å². The Morgan fingerprint density at radius 2 is 1.90 bits per heavy atom. The maximum Gasteiger partial charge on any atom is 0.503 e. The molecule has 0 atom stereocenters. The number of rotatable bonds is 2. The average Bonchev–Trinajstić information content (AvgIpc) is 1.62. The molecule has 0 rings (SSSR count). The van der Waals surface area contributed by atoms with Gasteiger partial charge in [-0.25, -0.2) is 4.79 Å². The molecule has 0 amide bonds. The summed E-state index contributed by atoms with van der Waals surface area (Å²) in [6.45, 7) is 3.43. The van der Waals surface area contributed by atoms with Crippen molar-refractivity contribution in [3.05, 3.63) is 12.7 Å². The van der Waals surface area contributed by atoms with E-state index in [-0.39, 0.29) is 4.84 Å². The van der Waals surface area contributed by atoms with E-state index in [1.54, 1.807) is 6.08 Å². The predicted molar refractivity (Wildman–Crippen MR) is 41.0 cm³/mol. The minimum Gasteiger partial charge on any atom is -0.450 e. The molecule has 0 aliphatic heterocycles. The van der Waals surface area contributed by atoms with Crippen LogP contribution in [0.25, 0.3) is 0 Å². The zero-order chi connectivity index (χ0) is 8.57. The van der Waals surface area contributed by atoms with Crippen molar-refractivity contribution in [3.8, 4) is 0 Å². The average molecular weight is 187 g/mol. The molecule has 10 heavy (non-hydrogen) atoms. The second kappa shape index (κ2) is 8.59. The molecule has 0 heterocycles. The lowest BCUT2D eigenvalue weighted by atomic mass is 10.5. The molecule has 3 nitrogen and oxygen atoms in total. The van der Waals surface area contributed by atoms with Crippen molar-refractivity contribution in [2.24, 2.45) is 0 Å². The van der Waals surface area contributed by atoms with Crippen LogP contribution in [-0.4, -0.2) is 21.2 Å². The van der Waals surface area contributed by atoms with Crippen LogP contribution in [0.15, 0.2) is 12.7 Å². The van der Waals surface area contributed by atoms with Crippen molar-refractivity contribution in [2.45, 2.75) is 11.3 Å². The van der Waals surface area contributed by atoms with Crippen molar-refractivity contribution >= 4 is 29.4 Å². The summed E-state index contributed by atoms with van der Waals surface area (Å²) in [5, 5.41) is 13.9. The molecule has 0 spiro atoms. The number of allylic oxidation sites excluding steroid dienone is 1. The molecule has 0 saturated carbocycles. The van der Waals surface area contributed by atoms with Crippen LogP contribution in [0, 0.1) is 0 Å². The topological polar surface area (TPSA) is 57.5 Å². The van der Waals surface area contributed by atoms with Gasteiger partial charge in [-0.15, -0.1) is 29.8 Å². The van der Waals surface area contributed by atoms with E-state index in [1.807, 2.05) is 0 Å². The Bertz CT molecular complexity index is 99.1. The summed E-state index contributed by atoms with van der Waals surface area (Å²) in [4.78, 5) is 8.28. The van der Waals surface area contributed by atoms with Crippen LogP contribution in [-0.2, 0) is 0 Å². The molecule has 0 aliphatic carbocycles. The van der Waals surface area contributed by atoms with E-state index in [4.69, 9.17) is 38.2 Å². The van der Waals surface area contributed by atoms with Gasteiger partial charge >= 0.3 is 6.16 Å². The fourth-order valence-corrected chi connectivity index (χ4v) is 0.378. The number of alkyl halides is 2. The fourth-order valence-electron chi connectivity index (χ4n) is 0.126. The van der Waals surface area contributed by atoms with Gasteiger partial charge in [-0.05, 0) is 6.42 Å². The largest absolute Gasteiger partial charge is 0.503 e. The van der Waals surface area contributed by atoms with Crippen molar-refractivity contribution in [1.82, 2.24) is 0 Å². The summed E-state index contributed by atoms with van der Waals surface area (Å²) in [6, 6.07) is 0. The van der Waals surface area contributed by atoms with Gasteiger partial charge in [0.25, 0.3) is 0 Å². The highest BCUT2D eigenvalue weighted by atomic mass is 35.5. The Balaban J connectivity index is 0. The van der Waals surface area contributed by atoms with Crippen molar-refractivity contribution < 1.29 is 15.0 Å². The van der Waals surface area contributed by atoms with Gasteiger partial charge in [-0.3, -0.25) is 0 Å². The molecular formula is C5H8Cl2O3. The van der Waals surface area contributed by atoms with E-state index in [0.717, 1.165) is 0 Å². The SMILES string of the molecule is C=CCC(Cl)Cl.O=C(O)O. The molecule has 0 saturated heterocycles. The Hall–Kier alpha value is -0.410. The summed E-state index contributed by atoms with van der Waals surface area (Å²) in [5.74, 6) is 0. The van der Waals surface area contributed by atoms with Crippen LogP contribution in [0.2, 0.25) is 0 Å². The second-order valence-electron chi connectivity index (χ2n) is 1.20. The lowest BCUT2D eigenvalue weighted by Gasteiger charge is -1.86. The molecule has 0 radical (unpaired) electrons. The zero-order valence-corrected chi connectivity index (χ0v) is 6.64. The Kier molecular flexibility index (Phi) is 10.6. The first kappa shape index (κ1) is 12.3. The van der Waals surface area contributed by atoms with Gasteiger partial charge in [0.05, 0.1) is 0 Å². The molecule has 0 fully saturated rings. The highest BCUT2D eigenvalue weighted by Gasteiger charge is 1.88. The van der Waals surface area contributed by atoms with E-state index < -0.39 is 6.16 Å². The normalized spacial score (nSPS) is 7.90. The summed E-state index contributed by atoms with van der Waals surface area (Å²) < 4.78 is 0. The van der Waals surface area contributed by atoms with Crippen LogP contribution in [0.1, 0.15) is 6.42 Å². The van der Waals surface area contributed by atoms with Crippen molar-refractivity contribution in [3.63, 3.8) is 0 Å². The Morgan fingerprint density at radius 1 is 1.60 bits per heavy atom. The summed E-state index contributed by atoms with van der Waals surface area (Å²) in [5.41, 5.74) is 0. The van der Waals surface area contributed by atoms with Gasteiger partial charge in [0, 0.05) is 0 Å². The molecule has 0 aromatic rings. The third-order valence-electron chi connectivity index (χ3n) is 0.345. The van der Waals surface area contributed by atoms with Crippen LogP contribution >= 0.6 is 23.2 Å². The summed E-state index contributed by atoms with van der Waals surface area (Å²) in [6.07, 6.45) is 0.522. The van der Waals surface area contributed by atoms with Gasteiger partial charge in [0.1, 0.15) is 4.84 Å². The van der Waals surface area contributed by atoms with E-state index >= 15 is 0 Å². The van der Waals surface area contributed by atoms with Crippen molar-refractivity contribution in [1.29, 1.82) is 0 Å². The van der Waals surface area contributed by atoms with Gasteiger partial charge in [0.2, 0.25) is 0 Å². The third kappa shape index (κ3) is 49.1. The van der Waals surface area contributed by atoms with Crippen molar-refractivity contribution in [2.75, 3.05) is 0 Å². The lowest BCUT2D eigenvalue weighted by Crippen LogP contribution is -1.81. The van der Waals surface area contributed by atoms with Gasteiger partial charge in [-0.1, -0.05) is 6.08 Å². The number of carboxylic acid groups (broad SMARTS) is 2. The predicted octanol–water partition coefficient (Wildman–Crippen LogP) is 2.59. The molecule has 60 valence electrons. The lowest BCUT2D eigenvalue weighted by molar-refractivity contribution is 0.137. The zero-order valence-electron chi connectivity index (χ0n) is 5.13. The van der Waals surface area contributed by atoms with Crippen LogP contribution in [0.5, 0.6) is 0 Å². The van der Waals surface area contributed by atoms with E-state index in [0.29, 0.717) is 6.42 Å². The Labute approximate surface area is 68.9 Å². The van der Waals surface area contributed by atoms with E-state index in [9.17, 15) is 0 Å². The monoisotopic (exact) mass is 186 g/mol. The third-order valence-corrected chi connectivity index (χ3v) is 0.701. The first-order valence-corrected chi connectivity index (χ1v) is 3.19. The van der Waals surface area contributed by atoms with E-state index in [2.05, 4.69) is 6.58 Å². The van der Waals surface area contributed by atoms with Crippen LogP contribution < -0.4 is 0 Å². The first-order chi connectivity index (χ1) is 4.50. The van der Waals surface area contributed by atoms with Gasteiger partial charge < -0.3 is 10.2 Å². The molecule has 0 unspecified atom stereocenters. The van der Waals surface area contributed by atoms with Crippen LogP contribution in [0.3, 0.4) is 0 Å². The smallest absolute Gasteiger partial charge is 0.450 e. The number of carbonyl (C=O) groups is 1. The number of halogens is 2. The molecule has 5 heteroatoms.